The van der Waals surface area contributed by atoms with Gasteiger partial charge in [0.2, 0.25) is 0 Å². The van der Waals surface area contributed by atoms with Crippen molar-refractivity contribution in [3.8, 4) is 17.6 Å². The number of methoxy groups -OCH3 is 2. The number of unbranched alkanes of at least 4 members (excludes halogenated alkanes) is 2. The number of aryl methyl sites for hydroxylation is 4. The predicted octanol–water partition coefficient (Wildman–Crippen LogP) is 4.27. The minimum atomic E-state index is -0.626. The molecule has 5 N–H and O–H groups in total. The Hall–Kier alpha value is -6.54. The summed E-state index contributed by atoms with van der Waals surface area (Å²) in [6.07, 6.45) is 6.90. The molecule has 21 heteroatoms. The molecule has 5 aromatic rings. The molecule has 51 heavy (non-hydrogen) atoms. The molecule has 0 saturated carbocycles. The van der Waals surface area contributed by atoms with E-state index in [4.69, 9.17) is 20.9 Å². The molecule has 0 aliphatic heterocycles. The van der Waals surface area contributed by atoms with E-state index in [0.29, 0.717) is 24.2 Å². The number of ether oxygens (including phenoxy) is 2. The molecule has 0 unspecified atom stereocenters. The predicted molar refractivity (Wildman–Crippen MR) is 181 cm³/mol. The van der Waals surface area contributed by atoms with Crippen LogP contribution in [0.2, 0.25) is 0 Å². The van der Waals surface area contributed by atoms with Gasteiger partial charge in [0.05, 0.1) is 38.0 Å². The van der Waals surface area contributed by atoms with Gasteiger partial charge in [0.15, 0.2) is 46.3 Å². The number of nitrogens with two attached hydrogens (primary N) is 2. The van der Waals surface area contributed by atoms with E-state index in [2.05, 4.69) is 50.8 Å². The van der Waals surface area contributed by atoms with Crippen LogP contribution >= 0.6 is 0 Å². The highest BCUT2D eigenvalue weighted by Gasteiger charge is 2.24. The smallest absolute Gasteiger partial charge is 0.343 e. The second-order valence-electron chi connectivity index (χ2n) is 11.2. The number of carbonyl (C=O) groups is 2. The molecule has 0 aliphatic carbocycles. The lowest BCUT2D eigenvalue weighted by molar-refractivity contribution is 0.0592. The maximum absolute atomic E-state index is 12.3. The Morgan fingerprint density at radius 2 is 1.16 bits per heavy atom. The maximum Gasteiger partial charge on any atom is 0.343 e. The second kappa shape index (κ2) is 15.3. The molecule has 0 atom stereocenters. The van der Waals surface area contributed by atoms with Gasteiger partial charge in [-0.1, -0.05) is 26.7 Å². The standard InChI is InChI=1S/C30H38N16O5/c1-7-9-11-18-22(37-39-26-16(28(47)50-5)14-33-43(26)3)24(31)45(41-18)20-13-21(36-30(49)35-20)46-25(32)23(19(42-46)12-10-8-2)38-40-27-17(29(48)51-6)15-34-44(27)4/h13-15H,7-12,31-32H2,1-6H3,(H,35,36,49). The van der Waals surface area contributed by atoms with Crippen LogP contribution in [-0.2, 0) is 36.4 Å². The minimum Gasteiger partial charge on any atom is -0.479 e. The zero-order valence-corrected chi connectivity index (χ0v) is 29.0. The molecular weight excluding hydrogens is 664 g/mol. The number of hydrogen-bond acceptors (Lipinski definition) is 17. The van der Waals surface area contributed by atoms with Crippen LogP contribution in [0.3, 0.4) is 0 Å². The number of azo groups is 2. The topological polar surface area (TPSA) is 271 Å². The molecule has 5 rings (SSSR count). The average molecular weight is 703 g/mol. The summed E-state index contributed by atoms with van der Waals surface area (Å²) in [7, 11) is 5.73. The van der Waals surface area contributed by atoms with Crippen molar-refractivity contribution in [3.63, 3.8) is 0 Å². The Morgan fingerprint density at radius 1 is 0.745 bits per heavy atom. The SMILES string of the molecule is CCCCc1nn(-c2cc(-n3nc(CCCC)c(N=Nc4c(C(=O)OC)cnn4C)c3N)nc(O)n2)c(N)c1N=Nc1c(C(=O)OC)cnn1C. The minimum absolute atomic E-state index is 0.0554. The summed E-state index contributed by atoms with van der Waals surface area (Å²) < 4.78 is 15.0. The summed E-state index contributed by atoms with van der Waals surface area (Å²) in [5.41, 5.74) is 14.9. The molecule has 0 spiro atoms. The first-order valence-electron chi connectivity index (χ1n) is 15.9. The summed E-state index contributed by atoms with van der Waals surface area (Å²) in [4.78, 5) is 32.8. The van der Waals surface area contributed by atoms with Crippen LogP contribution in [-0.4, -0.2) is 80.4 Å². The number of nitrogens with zero attached hydrogens (tertiary/aromatic N) is 14. The molecule has 0 bridgehead atoms. The highest BCUT2D eigenvalue weighted by atomic mass is 16.5. The van der Waals surface area contributed by atoms with Crippen LogP contribution in [0.25, 0.3) is 11.6 Å². The third kappa shape index (κ3) is 7.26. The summed E-state index contributed by atoms with van der Waals surface area (Å²) in [5.74, 6) is -0.670. The monoisotopic (exact) mass is 702 g/mol. The lowest BCUT2D eigenvalue weighted by Gasteiger charge is -2.08. The van der Waals surface area contributed by atoms with Crippen molar-refractivity contribution in [2.24, 2.45) is 34.6 Å². The first kappa shape index (κ1) is 35.8. The average Bonchev–Trinajstić information content (AvgIpc) is 3.86. The first-order chi connectivity index (χ1) is 24.5. The molecule has 0 aromatic carbocycles. The molecule has 0 fully saturated rings. The Balaban J connectivity index is 1.58. The van der Waals surface area contributed by atoms with Gasteiger partial charge in [0.25, 0.3) is 0 Å². The highest BCUT2D eigenvalue weighted by Crippen LogP contribution is 2.35. The van der Waals surface area contributed by atoms with E-state index in [1.54, 1.807) is 14.1 Å². The van der Waals surface area contributed by atoms with E-state index in [0.717, 1.165) is 25.7 Å². The van der Waals surface area contributed by atoms with Crippen molar-refractivity contribution in [2.75, 3.05) is 25.7 Å². The third-order valence-electron chi connectivity index (χ3n) is 7.70. The van der Waals surface area contributed by atoms with Gasteiger partial charge in [-0.15, -0.1) is 20.5 Å². The summed E-state index contributed by atoms with van der Waals surface area (Å²) in [6, 6.07) is 0.869. The van der Waals surface area contributed by atoms with E-state index in [9.17, 15) is 14.7 Å². The molecule has 0 saturated heterocycles. The second-order valence-corrected chi connectivity index (χ2v) is 11.2. The van der Waals surface area contributed by atoms with Gasteiger partial charge in [-0.25, -0.2) is 19.0 Å². The first-order valence-corrected chi connectivity index (χ1v) is 15.9. The number of hydrogen-bond donors (Lipinski definition) is 3. The number of rotatable bonds is 14. The van der Waals surface area contributed by atoms with Crippen molar-refractivity contribution >= 4 is 46.6 Å². The van der Waals surface area contributed by atoms with Crippen molar-refractivity contribution < 1.29 is 24.2 Å². The lowest BCUT2D eigenvalue weighted by atomic mass is 10.2. The van der Waals surface area contributed by atoms with E-state index in [1.807, 2.05) is 13.8 Å². The summed E-state index contributed by atoms with van der Waals surface area (Å²) in [6.45, 7) is 4.06. The Bertz CT molecular complexity index is 1980. The molecule has 21 nitrogen and oxygen atoms in total. The van der Waals surface area contributed by atoms with Gasteiger partial charge < -0.3 is 26.0 Å². The van der Waals surface area contributed by atoms with Gasteiger partial charge >= 0.3 is 17.9 Å². The molecule has 0 amide bonds. The van der Waals surface area contributed by atoms with E-state index >= 15 is 0 Å². The van der Waals surface area contributed by atoms with Crippen LogP contribution in [0.5, 0.6) is 6.01 Å². The number of aromatic hydroxyl groups is 1. The van der Waals surface area contributed by atoms with Crippen LogP contribution in [0.1, 0.15) is 71.6 Å². The Labute approximate surface area is 291 Å². The van der Waals surface area contributed by atoms with Crippen LogP contribution in [0.4, 0.5) is 34.6 Å². The van der Waals surface area contributed by atoms with E-state index < -0.39 is 17.9 Å². The number of aromatic nitrogens is 10. The zero-order valence-electron chi connectivity index (χ0n) is 29.0. The van der Waals surface area contributed by atoms with Gasteiger partial charge in [-0.2, -0.15) is 39.7 Å². The third-order valence-corrected chi connectivity index (χ3v) is 7.70. The van der Waals surface area contributed by atoms with Gasteiger partial charge in [-0.3, -0.25) is 0 Å². The molecule has 0 radical (unpaired) electrons. The van der Waals surface area contributed by atoms with Crippen molar-refractivity contribution in [2.45, 2.75) is 52.4 Å². The van der Waals surface area contributed by atoms with E-state index in [-0.39, 0.29) is 57.4 Å². The van der Waals surface area contributed by atoms with Crippen molar-refractivity contribution in [1.82, 2.24) is 49.1 Å². The van der Waals surface area contributed by atoms with Crippen molar-refractivity contribution in [3.05, 3.63) is 41.0 Å². The molecule has 268 valence electrons. The van der Waals surface area contributed by atoms with Gasteiger partial charge in [0.1, 0.15) is 11.1 Å². The fourth-order valence-corrected chi connectivity index (χ4v) is 4.96. The zero-order chi connectivity index (χ0) is 36.8. The summed E-state index contributed by atoms with van der Waals surface area (Å²) >= 11 is 0. The largest absolute Gasteiger partial charge is 0.479 e. The fourth-order valence-electron chi connectivity index (χ4n) is 4.96. The quantitative estimate of drug-likeness (QED) is 0.108. The number of nitrogen functional groups attached to an aromatic ring is 2. The fraction of sp³-hybridized carbons (Fsp3) is 0.400. The van der Waals surface area contributed by atoms with Crippen LogP contribution in [0, 0.1) is 0 Å². The van der Waals surface area contributed by atoms with E-state index in [1.165, 1.54) is 51.4 Å². The molecule has 5 aromatic heterocycles. The lowest BCUT2D eigenvalue weighted by Crippen LogP contribution is -2.09. The number of carbonyl (C=O) groups excluding carboxylic acids is 2. The van der Waals surface area contributed by atoms with Gasteiger partial charge in [0, 0.05) is 20.2 Å². The Morgan fingerprint density at radius 3 is 1.53 bits per heavy atom. The van der Waals surface area contributed by atoms with Crippen LogP contribution in [0.15, 0.2) is 38.9 Å². The highest BCUT2D eigenvalue weighted by molar-refractivity contribution is 5.94. The normalized spacial score (nSPS) is 11.6. The maximum atomic E-state index is 12.3. The molecule has 0 aliphatic rings. The van der Waals surface area contributed by atoms with Gasteiger partial charge in [-0.05, 0) is 25.7 Å². The number of anilines is 2. The van der Waals surface area contributed by atoms with Crippen molar-refractivity contribution in [1.29, 1.82) is 0 Å². The van der Waals surface area contributed by atoms with Crippen LogP contribution < -0.4 is 11.5 Å². The number of esters is 2. The molecule has 5 heterocycles. The molecular formula is C30H38N16O5. The summed E-state index contributed by atoms with van der Waals surface area (Å²) in [5, 5.41) is 45.4. The Kier molecular flexibility index (Phi) is 10.8.